The van der Waals surface area contributed by atoms with E-state index in [1.165, 1.54) is 12.0 Å². The van der Waals surface area contributed by atoms with Gasteiger partial charge in [0.25, 0.3) is 0 Å². The van der Waals surface area contributed by atoms with E-state index in [1.807, 2.05) is 12.1 Å². The zero-order valence-electron chi connectivity index (χ0n) is 16.8. The SMILES string of the molecule is Cc1ccc2c(c1CC(=O)Nc1c(F)c(F)c(C(F)(F)F)c(F)c1F)C1C3CCC(C3)C21. The minimum atomic E-state index is -5.64. The van der Waals surface area contributed by atoms with Gasteiger partial charge in [0.05, 0.1) is 6.42 Å². The van der Waals surface area contributed by atoms with Crippen LogP contribution in [0, 0.1) is 42.0 Å². The molecule has 2 nitrogen and oxygen atoms in total. The van der Waals surface area contributed by atoms with Crippen molar-refractivity contribution in [2.45, 2.75) is 50.6 Å². The Kier molecular flexibility index (Phi) is 4.63. The summed E-state index contributed by atoms with van der Waals surface area (Å²) in [6, 6.07) is 3.90. The number of fused-ring (bicyclic) bond motifs is 8. The molecule has 0 aromatic heterocycles. The van der Waals surface area contributed by atoms with Gasteiger partial charge in [0.15, 0.2) is 23.3 Å². The first-order valence-corrected chi connectivity index (χ1v) is 10.4. The van der Waals surface area contributed by atoms with Crippen molar-refractivity contribution in [3.8, 4) is 0 Å². The van der Waals surface area contributed by atoms with Crippen molar-refractivity contribution in [1.82, 2.24) is 0 Å². The lowest BCUT2D eigenvalue weighted by Crippen LogP contribution is -2.32. The third kappa shape index (κ3) is 2.89. The number of anilines is 1. The molecule has 3 aliphatic carbocycles. The molecule has 0 saturated heterocycles. The fraction of sp³-hybridized carbons (Fsp3) is 0.435. The molecule has 170 valence electrons. The smallest absolute Gasteiger partial charge is 0.321 e. The molecule has 2 aromatic carbocycles. The Morgan fingerprint density at radius 1 is 0.969 bits per heavy atom. The van der Waals surface area contributed by atoms with Crippen molar-refractivity contribution in [1.29, 1.82) is 0 Å². The summed E-state index contributed by atoms with van der Waals surface area (Å²) < 4.78 is 94.3. The molecule has 1 amide bonds. The molecule has 2 fully saturated rings. The summed E-state index contributed by atoms with van der Waals surface area (Å²) in [6.07, 6.45) is -2.52. The van der Waals surface area contributed by atoms with Gasteiger partial charge in [-0.3, -0.25) is 4.79 Å². The Labute approximate surface area is 178 Å². The molecular weight excluding hydrogens is 439 g/mol. The summed E-state index contributed by atoms with van der Waals surface area (Å²) in [5.41, 5.74) is -0.521. The zero-order chi connectivity index (χ0) is 23.1. The first-order chi connectivity index (χ1) is 15.0. The Hall–Kier alpha value is -2.58. The molecule has 5 rings (SSSR count). The normalized spacial score (nSPS) is 25.4. The third-order valence-electron chi connectivity index (χ3n) is 7.38. The van der Waals surface area contributed by atoms with Crippen molar-refractivity contribution in [2.24, 2.45) is 11.8 Å². The number of carbonyl (C=O) groups is 1. The van der Waals surface area contributed by atoms with Gasteiger partial charge in [0.2, 0.25) is 5.91 Å². The van der Waals surface area contributed by atoms with E-state index in [0.717, 1.165) is 24.0 Å². The van der Waals surface area contributed by atoms with Gasteiger partial charge in [-0.15, -0.1) is 0 Å². The molecule has 4 unspecified atom stereocenters. The predicted molar refractivity (Wildman–Crippen MR) is 101 cm³/mol. The van der Waals surface area contributed by atoms with E-state index in [-0.39, 0.29) is 6.42 Å². The van der Waals surface area contributed by atoms with Crippen molar-refractivity contribution in [3.63, 3.8) is 0 Å². The summed E-state index contributed by atoms with van der Waals surface area (Å²) in [6.45, 7) is 1.79. The molecule has 3 aliphatic rings. The number of halogens is 7. The minimum absolute atomic E-state index is 0.307. The maximum atomic E-state index is 14.1. The third-order valence-corrected chi connectivity index (χ3v) is 7.38. The van der Waals surface area contributed by atoms with Gasteiger partial charge in [-0.1, -0.05) is 12.1 Å². The highest BCUT2D eigenvalue weighted by atomic mass is 19.4. The fourth-order valence-corrected chi connectivity index (χ4v) is 6.10. The number of amides is 1. The highest BCUT2D eigenvalue weighted by Gasteiger charge is 2.56. The number of alkyl halides is 3. The lowest BCUT2D eigenvalue weighted by Gasteiger charge is -2.44. The van der Waals surface area contributed by atoms with Crippen LogP contribution in [-0.4, -0.2) is 5.91 Å². The number of aryl methyl sites for hydroxylation is 1. The van der Waals surface area contributed by atoms with E-state index >= 15 is 0 Å². The zero-order valence-corrected chi connectivity index (χ0v) is 16.8. The quantitative estimate of drug-likeness (QED) is 0.422. The molecule has 9 heteroatoms. The van der Waals surface area contributed by atoms with Crippen LogP contribution in [0.15, 0.2) is 12.1 Å². The van der Waals surface area contributed by atoms with E-state index in [2.05, 4.69) is 0 Å². The van der Waals surface area contributed by atoms with Gasteiger partial charge >= 0.3 is 6.18 Å². The number of rotatable bonds is 3. The topological polar surface area (TPSA) is 29.1 Å². The lowest BCUT2D eigenvalue weighted by molar-refractivity contribution is -0.143. The molecular formula is C23H18F7NO. The van der Waals surface area contributed by atoms with Crippen molar-refractivity contribution >= 4 is 11.6 Å². The number of nitrogens with one attached hydrogen (secondary N) is 1. The van der Waals surface area contributed by atoms with E-state index in [4.69, 9.17) is 0 Å². The van der Waals surface area contributed by atoms with Crippen LogP contribution < -0.4 is 5.32 Å². The second kappa shape index (κ2) is 6.96. The summed E-state index contributed by atoms with van der Waals surface area (Å²) in [5.74, 6) is -8.80. The maximum absolute atomic E-state index is 14.1. The highest BCUT2D eigenvalue weighted by molar-refractivity contribution is 5.93. The number of hydrogen-bond acceptors (Lipinski definition) is 1. The average molecular weight is 457 g/mol. The predicted octanol–water partition coefficient (Wildman–Crippen LogP) is 6.36. The monoisotopic (exact) mass is 457 g/mol. The summed E-state index contributed by atoms with van der Waals surface area (Å²) in [5, 5.41) is 1.74. The van der Waals surface area contributed by atoms with Gasteiger partial charge < -0.3 is 5.32 Å². The molecule has 2 aromatic rings. The van der Waals surface area contributed by atoms with Crippen molar-refractivity contribution < 1.29 is 35.5 Å². The van der Waals surface area contributed by atoms with Gasteiger partial charge in [-0.2, -0.15) is 13.2 Å². The number of carbonyl (C=O) groups excluding carboxylic acids is 1. The molecule has 0 radical (unpaired) electrons. The molecule has 0 heterocycles. The van der Waals surface area contributed by atoms with Crippen LogP contribution in [-0.2, 0) is 17.4 Å². The molecule has 2 saturated carbocycles. The van der Waals surface area contributed by atoms with Crippen LogP contribution in [0.2, 0.25) is 0 Å². The first-order valence-electron chi connectivity index (χ1n) is 10.4. The number of benzene rings is 2. The van der Waals surface area contributed by atoms with Crippen LogP contribution in [0.5, 0.6) is 0 Å². The molecule has 2 bridgehead atoms. The van der Waals surface area contributed by atoms with Crippen LogP contribution in [0.3, 0.4) is 0 Å². The Balaban J connectivity index is 1.45. The summed E-state index contributed by atoms with van der Waals surface area (Å²) >= 11 is 0. The molecule has 0 spiro atoms. The summed E-state index contributed by atoms with van der Waals surface area (Å²) in [7, 11) is 0. The largest absolute Gasteiger partial charge is 0.422 e. The molecule has 4 atom stereocenters. The number of hydrogen-bond donors (Lipinski definition) is 1. The lowest BCUT2D eigenvalue weighted by atomic mass is 9.59. The van der Waals surface area contributed by atoms with Gasteiger partial charge in [-0.05, 0) is 72.1 Å². The second-order valence-electron chi connectivity index (χ2n) is 8.98. The van der Waals surface area contributed by atoms with E-state index in [1.54, 1.807) is 12.2 Å². The van der Waals surface area contributed by atoms with Gasteiger partial charge in [-0.25, -0.2) is 17.6 Å². The Morgan fingerprint density at radius 3 is 2.16 bits per heavy atom. The van der Waals surface area contributed by atoms with E-state index in [0.29, 0.717) is 29.2 Å². The Bertz CT molecular complexity index is 1130. The summed E-state index contributed by atoms with van der Waals surface area (Å²) in [4.78, 5) is 12.6. The Morgan fingerprint density at radius 2 is 1.56 bits per heavy atom. The first kappa shape index (κ1) is 21.3. The van der Waals surface area contributed by atoms with Gasteiger partial charge in [0, 0.05) is 0 Å². The van der Waals surface area contributed by atoms with Crippen LogP contribution >= 0.6 is 0 Å². The maximum Gasteiger partial charge on any atom is 0.422 e. The van der Waals surface area contributed by atoms with E-state index < -0.39 is 46.6 Å². The van der Waals surface area contributed by atoms with Crippen molar-refractivity contribution in [3.05, 3.63) is 63.2 Å². The van der Waals surface area contributed by atoms with E-state index in [9.17, 15) is 35.5 Å². The average Bonchev–Trinajstić information content (AvgIpc) is 3.26. The van der Waals surface area contributed by atoms with Crippen LogP contribution in [0.4, 0.5) is 36.4 Å². The minimum Gasteiger partial charge on any atom is -0.321 e. The standard InChI is InChI=1S/C23H18F7NO/c1-8-2-5-11-14-9-3-4-10(6-9)15(14)16(11)12(8)7-13(32)31-22-20(26)18(24)17(23(28,29)30)19(25)21(22)27/h2,5,9-10,14-15H,3-4,6-7H2,1H3,(H,31,32). The second-order valence-corrected chi connectivity index (χ2v) is 8.98. The van der Waals surface area contributed by atoms with Gasteiger partial charge in [0.1, 0.15) is 11.3 Å². The molecule has 1 N–H and O–H groups in total. The molecule has 32 heavy (non-hydrogen) atoms. The van der Waals surface area contributed by atoms with Crippen molar-refractivity contribution in [2.75, 3.05) is 5.32 Å². The van der Waals surface area contributed by atoms with Crippen LogP contribution in [0.1, 0.15) is 58.9 Å². The highest BCUT2D eigenvalue weighted by Crippen LogP contribution is 2.68. The molecule has 0 aliphatic heterocycles. The fourth-order valence-electron chi connectivity index (χ4n) is 6.10. The van der Waals surface area contributed by atoms with Crippen LogP contribution in [0.25, 0.3) is 0 Å².